The van der Waals surface area contributed by atoms with Crippen LogP contribution in [0, 0.1) is 12.8 Å². The Morgan fingerprint density at radius 2 is 2.06 bits per heavy atom. The predicted molar refractivity (Wildman–Crippen MR) is 79.5 cm³/mol. The quantitative estimate of drug-likeness (QED) is 0.725. The van der Waals surface area contributed by atoms with Crippen LogP contribution in [0.25, 0.3) is 0 Å². The zero-order valence-corrected chi connectivity index (χ0v) is 12.3. The van der Waals surface area contributed by atoms with Crippen LogP contribution in [0.1, 0.15) is 45.1 Å². The van der Waals surface area contributed by atoms with Gasteiger partial charge in [0.05, 0.1) is 12.8 Å². The van der Waals surface area contributed by atoms with Gasteiger partial charge in [-0.25, -0.2) is 0 Å². The van der Waals surface area contributed by atoms with Crippen molar-refractivity contribution in [3.63, 3.8) is 0 Å². The Kier molecular flexibility index (Phi) is 6.63. The molecule has 0 fully saturated rings. The van der Waals surface area contributed by atoms with E-state index in [1.54, 1.807) is 7.11 Å². The van der Waals surface area contributed by atoms with E-state index in [9.17, 15) is 0 Å². The second-order valence-electron chi connectivity index (χ2n) is 5.00. The Labute approximate surface area is 112 Å². The Bertz CT molecular complexity index is 349. The van der Waals surface area contributed by atoms with Gasteiger partial charge in [0.15, 0.2) is 0 Å². The van der Waals surface area contributed by atoms with Crippen molar-refractivity contribution in [3.05, 3.63) is 23.8 Å². The molecule has 0 aromatic heterocycles. The number of hydrogen-bond acceptors (Lipinski definition) is 2. The van der Waals surface area contributed by atoms with Crippen LogP contribution in [0.2, 0.25) is 0 Å². The summed E-state index contributed by atoms with van der Waals surface area (Å²) in [7, 11) is 1.73. The molecule has 0 saturated heterocycles. The zero-order valence-electron chi connectivity index (χ0n) is 12.3. The fourth-order valence-corrected chi connectivity index (χ4v) is 2.16. The van der Waals surface area contributed by atoms with Crippen LogP contribution < -0.4 is 10.1 Å². The van der Waals surface area contributed by atoms with Crippen LogP contribution in [0.4, 0.5) is 5.69 Å². The molecule has 1 aromatic carbocycles. The topological polar surface area (TPSA) is 21.3 Å². The second kappa shape index (κ2) is 8.02. The number of nitrogens with one attached hydrogen (secondary N) is 1. The molecule has 0 radical (unpaired) electrons. The highest BCUT2D eigenvalue weighted by atomic mass is 16.5. The molecule has 1 unspecified atom stereocenters. The molecule has 0 amide bonds. The zero-order chi connectivity index (χ0) is 13.4. The van der Waals surface area contributed by atoms with Gasteiger partial charge >= 0.3 is 0 Å². The van der Waals surface area contributed by atoms with Crippen LogP contribution in [0.15, 0.2) is 18.2 Å². The summed E-state index contributed by atoms with van der Waals surface area (Å²) in [4.78, 5) is 0. The molecule has 0 bridgehead atoms. The van der Waals surface area contributed by atoms with Gasteiger partial charge in [-0.3, -0.25) is 0 Å². The van der Waals surface area contributed by atoms with Crippen molar-refractivity contribution in [1.29, 1.82) is 0 Å². The molecule has 0 aliphatic carbocycles. The standard InChI is InChI=1S/C16H27NO/c1-5-7-8-14(6-2)12-17-15-11-13(3)9-10-16(15)18-4/h9-11,14,17H,5-8,12H2,1-4H3. The number of hydrogen-bond donors (Lipinski definition) is 1. The minimum absolute atomic E-state index is 0.759. The first-order valence-corrected chi connectivity index (χ1v) is 7.09. The highest BCUT2D eigenvalue weighted by molar-refractivity contribution is 5.57. The Morgan fingerprint density at radius 3 is 2.67 bits per heavy atom. The van der Waals surface area contributed by atoms with E-state index < -0.39 is 0 Å². The average molecular weight is 249 g/mol. The molecule has 0 heterocycles. The van der Waals surface area contributed by atoms with Gasteiger partial charge in [0, 0.05) is 6.54 Å². The van der Waals surface area contributed by atoms with E-state index in [-0.39, 0.29) is 0 Å². The summed E-state index contributed by atoms with van der Waals surface area (Å²) in [5.74, 6) is 1.70. The summed E-state index contributed by atoms with van der Waals surface area (Å²) < 4.78 is 5.38. The maximum atomic E-state index is 5.38. The van der Waals surface area contributed by atoms with E-state index in [2.05, 4.69) is 38.2 Å². The van der Waals surface area contributed by atoms with Gasteiger partial charge in [0.25, 0.3) is 0 Å². The van der Waals surface area contributed by atoms with Gasteiger partial charge in [-0.15, -0.1) is 0 Å². The lowest BCUT2D eigenvalue weighted by Crippen LogP contribution is -2.14. The molecule has 18 heavy (non-hydrogen) atoms. The van der Waals surface area contributed by atoms with Crippen molar-refractivity contribution in [3.8, 4) is 5.75 Å². The Hall–Kier alpha value is -1.18. The largest absolute Gasteiger partial charge is 0.495 e. The van der Waals surface area contributed by atoms with Crippen LogP contribution in [-0.4, -0.2) is 13.7 Å². The highest BCUT2D eigenvalue weighted by Crippen LogP contribution is 2.26. The van der Waals surface area contributed by atoms with Gasteiger partial charge in [0.2, 0.25) is 0 Å². The van der Waals surface area contributed by atoms with E-state index >= 15 is 0 Å². The maximum absolute atomic E-state index is 5.38. The predicted octanol–water partition coefficient (Wildman–Crippen LogP) is 4.63. The van der Waals surface area contributed by atoms with Crippen molar-refractivity contribution in [2.75, 3.05) is 19.0 Å². The lowest BCUT2D eigenvalue weighted by molar-refractivity contribution is 0.415. The van der Waals surface area contributed by atoms with Gasteiger partial charge in [-0.1, -0.05) is 39.2 Å². The minimum Gasteiger partial charge on any atom is -0.495 e. The molecule has 0 aliphatic heterocycles. The van der Waals surface area contributed by atoms with Crippen LogP contribution in [0.5, 0.6) is 5.75 Å². The van der Waals surface area contributed by atoms with Crippen LogP contribution >= 0.6 is 0 Å². The Morgan fingerprint density at radius 1 is 1.28 bits per heavy atom. The number of benzene rings is 1. The molecule has 0 saturated carbocycles. The first-order valence-electron chi connectivity index (χ1n) is 7.09. The first-order chi connectivity index (χ1) is 8.71. The van der Waals surface area contributed by atoms with Gasteiger partial charge in [-0.05, 0) is 37.0 Å². The fraction of sp³-hybridized carbons (Fsp3) is 0.625. The summed E-state index contributed by atoms with van der Waals surface area (Å²) in [6.45, 7) is 7.68. The molecule has 102 valence electrons. The summed E-state index contributed by atoms with van der Waals surface area (Å²) in [6.07, 6.45) is 5.16. The number of anilines is 1. The normalized spacial score (nSPS) is 12.2. The molecular weight excluding hydrogens is 222 g/mol. The molecule has 0 spiro atoms. The third kappa shape index (κ3) is 4.59. The number of rotatable bonds is 8. The van der Waals surface area contributed by atoms with Crippen LogP contribution in [-0.2, 0) is 0 Å². The molecule has 1 N–H and O–H groups in total. The van der Waals surface area contributed by atoms with Crippen molar-refractivity contribution in [2.24, 2.45) is 5.92 Å². The second-order valence-corrected chi connectivity index (χ2v) is 5.00. The third-order valence-corrected chi connectivity index (χ3v) is 3.48. The molecule has 1 aromatic rings. The summed E-state index contributed by atoms with van der Waals surface area (Å²) in [5.41, 5.74) is 2.38. The maximum Gasteiger partial charge on any atom is 0.141 e. The SMILES string of the molecule is CCCCC(CC)CNc1cc(C)ccc1OC. The molecule has 0 aliphatic rings. The summed E-state index contributed by atoms with van der Waals surface area (Å²) in [5, 5.41) is 3.54. The lowest BCUT2D eigenvalue weighted by Gasteiger charge is -2.18. The van der Waals surface area contributed by atoms with Gasteiger partial charge in [0.1, 0.15) is 5.75 Å². The van der Waals surface area contributed by atoms with E-state index in [4.69, 9.17) is 4.74 Å². The van der Waals surface area contributed by atoms with Crippen molar-refractivity contribution < 1.29 is 4.74 Å². The van der Waals surface area contributed by atoms with Crippen molar-refractivity contribution >= 4 is 5.69 Å². The molecule has 1 atom stereocenters. The average Bonchev–Trinajstić information content (AvgIpc) is 2.39. The number of aryl methyl sites for hydroxylation is 1. The van der Waals surface area contributed by atoms with E-state index in [0.29, 0.717) is 0 Å². The molecular formula is C16H27NO. The van der Waals surface area contributed by atoms with Gasteiger partial charge in [-0.2, -0.15) is 0 Å². The van der Waals surface area contributed by atoms with Crippen LogP contribution in [0.3, 0.4) is 0 Å². The van der Waals surface area contributed by atoms with Crippen molar-refractivity contribution in [1.82, 2.24) is 0 Å². The number of unbranched alkanes of at least 4 members (excludes halogenated alkanes) is 1. The number of methoxy groups -OCH3 is 1. The lowest BCUT2D eigenvalue weighted by atomic mass is 9.99. The van der Waals surface area contributed by atoms with E-state index in [1.165, 1.54) is 31.2 Å². The number of ether oxygens (including phenoxy) is 1. The summed E-state index contributed by atoms with van der Waals surface area (Å²) >= 11 is 0. The fourth-order valence-electron chi connectivity index (χ4n) is 2.16. The summed E-state index contributed by atoms with van der Waals surface area (Å²) in [6, 6.07) is 6.27. The monoisotopic (exact) mass is 249 g/mol. The minimum atomic E-state index is 0.759. The molecule has 2 heteroatoms. The van der Waals surface area contributed by atoms with Gasteiger partial charge < -0.3 is 10.1 Å². The first kappa shape index (κ1) is 14.9. The van der Waals surface area contributed by atoms with E-state index in [0.717, 1.165) is 23.9 Å². The third-order valence-electron chi connectivity index (χ3n) is 3.48. The van der Waals surface area contributed by atoms with E-state index in [1.807, 2.05) is 6.07 Å². The highest BCUT2D eigenvalue weighted by Gasteiger charge is 2.08. The smallest absolute Gasteiger partial charge is 0.141 e. The Balaban J connectivity index is 2.57. The molecule has 1 rings (SSSR count). The molecule has 2 nitrogen and oxygen atoms in total. The van der Waals surface area contributed by atoms with Crippen molar-refractivity contribution in [2.45, 2.75) is 46.5 Å².